The van der Waals surface area contributed by atoms with E-state index in [4.69, 9.17) is 0 Å². The maximum Gasteiger partial charge on any atom is 0.293 e. The molecule has 19 heavy (non-hydrogen) atoms. The second kappa shape index (κ2) is 5.86. The lowest BCUT2D eigenvalue weighted by atomic mass is 10.1. The van der Waals surface area contributed by atoms with Crippen LogP contribution in [0.25, 0.3) is 0 Å². The molecular weight excluding hydrogens is 244 g/mol. The van der Waals surface area contributed by atoms with Gasteiger partial charge in [-0.05, 0) is 34.6 Å². The van der Waals surface area contributed by atoms with Crippen LogP contribution in [-0.2, 0) is 10.3 Å². The molecule has 0 aliphatic heterocycles. The Bertz CT molecular complexity index is 500. The van der Waals surface area contributed by atoms with Crippen LogP contribution in [0, 0.1) is 0 Å². The predicted molar refractivity (Wildman–Crippen MR) is 75.3 cm³/mol. The van der Waals surface area contributed by atoms with E-state index < -0.39 is 0 Å². The van der Waals surface area contributed by atoms with E-state index in [9.17, 15) is 9.59 Å². The first-order chi connectivity index (χ1) is 8.71. The number of hydrogen-bond acceptors (Lipinski definition) is 4. The average molecular weight is 266 g/mol. The van der Waals surface area contributed by atoms with Crippen LogP contribution < -0.4 is 16.2 Å². The summed E-state index contributed by atoms with van der Waals surface area (Å²) in [5, 5.41) is 5.51. The molecule has 0 aromatic carbocycles. The normalized spacial score (nSPS) is 11.5. The molecule has 6 heteroatoms. The zero-order valence-electron chi connectivity index (χ0n) is 12.2. The van der Waals surface area contributed by atoms with Gasteiger partial charge in [0, 0.05) is 24.0 Å². The molecule has 0 spiro atoms. The molecule has 1 rings (SSSR count). The molecule has 1 aromatic heterocycles. The molecule has 0 saturated carbocycles. The highest BCUT2D eigenvalue weighted by Gasteiger charge is 2.16. The van der Waals surface area contributed by atoms with E-state index in [2.05, 4.69) is 15.6 Å². The molecule has 0 bridgehead atoms. The first-order valence-corrected chi connectivity index (χ1v) is 6.33. The van der Waals surface area contributed by atoms with Crippen molar-refractivity contribution in [2.24, 2.45) is 0 Å². The molecule has 106 valence electrons. The van der Waals surface area contributed by atoms with Crippen molar-refractivity contribution in [2.45, 2.75) is 46.2 Å². The summed E-state index contributed by atoms with van der Waals surface area (Å²) in [4.78, 5) is 27.6. The number of carbonyl (C=O) groups excluding carboxylic acids is 1. The summed E-state index contributed by atoms with van der Waals surface area (Å²) < 4.78 is 1.59. The minimum Gasteiger partial charge on any atom is -0.356 e. The fraction of sp³-hybridized carbons (Fsp3) is 0.615. The Hall–Kier alpha value is -1.85. The highest BCUT2D eigenvalue weighted by molar-refractivity contribution is 5.80. The highest BCUT2D eigenvalue weighted by atomic mass is 16.2. The van der Waals surface area contributed by atoms with E-state index in [0.29, 0.717) is 0 Å². The van der Waals surface area contributed by atoms with E-state index in [-0.39, 0.29) is 35.4 Å². The van der Waals surface area contributed by atoms with Crippen molar-refractivity contribution < 1.29 is 4.79 Å². The van der Waals surface area contributed by atoms with Gasteiger partial charge >= 0.3 is 0 Å². The number of carbonyl (C=O) groups is 1. The van der Waals surface area contributed by atoms with Crippen LogP contribution in [0.3, 0.4) is 0 Å². The summed E-state index contributed by atoms with van der Waals surface area (Å²) in [5.41, 5.74) is -0.552. The SMILES string of the molecule is CC(C)NC(=O)CNc1nccn(C(C)(C)C)c1=O. The minimum absolute atomic E-state index is 0.0363. The maximum absolute atomic E-state index is 12.2. The third-order valence-corrected chi connectivity index (χ3v) is 2.43. The third kappa shape index (κ3) is 4.39. The summed E-state index contributed by atoms with van der Waals surface area (Å²) in [7, 11) is 0. The zero-order valence-corrected chi connectivity index (χ0v) is 12.2. The van der Waals surface area contributed by atoms with E-state index in [0.717, 1.165) is 0 Å². The van der Waals surface area contributed by atoms with Crippen LogP contribution >= 0.6 is 0 Å². The topological polar surface area (TPSA) is 76.0 Å². The lowest BCUT2D eigenvalue weighted by molar-refractivity contribution is -0.119. The second-order valence-electron chi connectivity index (χ2n) is 5.70. The van der Waals surface area contributed by atoms with Crippen LogP contribution in [0.4, 0.5) is 5.82 Å². The lowest BCUT2D eigenvalue weighted by Crippen LogP contribution is -2.38. The Labute approximate surface area is 113 Å². The van der Waals surface area contributed by atoms with Crippen LogP contribution in [0.15, 0.2) is 17.2 Å². The molecule has 0 saturated heterocycles. The van der Waals surface area contributed by atoms with Gasteiger partial charge in [0.15, 0.2) is 5.82 Å². The fourth-order valence-corrected chi connectivity index (χ4v) is 1.60. The number of rotatable bonds is 4. The largest absolute Gasteiger partial charge is 0.356 e. The van der Waals surface area contributed by atoms with Gasteiger partial charge in [0.1, 0.15) is 0 Å². The van der Waals surface area contributed by atoms with Gasteiger partial charge < -0.3 is 15.2 Å². The van der Waals surface area contributed by atoms with Crippen LogP contribution in [0.2, 0.25) is 0 Å². The molecule has 6 nitrogen and oxygen atoms in total. The van der Waals surface area contributed by atoms with Gasteiger partial charge in [0.05, 0.1) is 6.54 Å². The molecule has 0 fully saturated rings. The Morgan fingerprint density at radius 1 is 1.42 bits per heavy atom. The van der Waals surface area contributed by atoms with Crippen LogP contribution in [-0.4, -0.2) is 28.0 Å². The standard InChI is InChI=1S/C13H22N4O2/c1-9(2)16-10(18)8-15-11-12(19)17(7-6-14-11)13(3,4)5/h6-7,9H,8H2,1-5H3,(H,14,15)(H,16,18). The van der Waals surface area contributed by atoms with Crippen molar-refractivity contribution in [3.05, 3.63) is 22.7 Å². The van der Waals surface area contributed by atoms with Crippen molar-refractivity contribution in [1.29, 1.82) is 0 Å². The van der Waals surface area contributed by atoms with E-state index in [1.807, 2.05) is 34.6 Å². The molecule has 0 aliphatic rings. The monoisotopic (exact) mass is 266 g/mol. The van der Waals surface area contributed by atoms with E-state index >= 15 is 0 Å². The Morgan fingerprint density at radius 2 is 2.05 bits per heavy atom. The van der Waals surface area contributed by atoms with Gasteiger partial charge in [-0.25, -0.2) is 4.98 Å². The van der Waals surface area contributed by atoms with Crippen molar-refractivity contribution >= 4 is 11.7 Å². The van der Waals surface area contributed by atoms with Crippen molar-refractivity contribution in [3.8, 4) is 0 Å². The summed E-state index contributed by atoms with van der Waals surface area (Å²) in [5.74, 6) is 0.0266. The van der Waals surface area contributed by atoms with E-state index in [1.165, 1.54) is 0 Å². The zero-order chi connectivity index (χ0) is 14.6. The molecule has 0 unspecified atom stereocenters. The van der Waals surface area contributed by atoms with Crippen molar-refractivity contribution in [3.63, 3.8) is 0 Å². The van der Waals surface area contributed by atoms with Gasteiger partial charge in [-0.1, -0.05) is 0 Å². The molecular formula is C13H22N4O2. The summed E-state index contributed by atoms with van der Waals surface area (Å²) in [6.45, 7) is 9.60. The third-order valence-electron chi connectivity index (χ3n) is 2.43. The number of hydrogen-bond donors (Lipinski definition) is 2. The summed E-state index contributed by atoms with van der Waals surface area (Å²) >= 11 is 0. The minimum atomic E-state index is -0.323. The summed E-state index contributed by atoms with van der Waals surface area (Å²) in [6, 6.07) is 0.0734. The first kappa shape index (κ1) is 15.2. The second-order valence-corrected chi connectivity index (χ2v) is 5.70. The number of amides is 1. The molecule has 0 atom stereocenters. The highest BCUT2D eigenvalue weighted by Crippen LogP contribution is 2.10. The van der Waals surface area contributed by atoms with Crippen molar-refractivity contribution in [1.82, 2.24) is 14.9 Å². The lowest BCUT2D eigenvalue weighted by Gasteiger charge is -2.22. The first-order valence-electron chi connectivity index (χ1n) is 6.33. The van der Waals surface area contributed by atoms with Gasteiger partial charge in [-0.15, -0.1) is 0 Å². The molecule has 2 N–H and O–H groups in total. The average Bonchev–Trinajstić information content (AvgIpc) is 2.25. The smallest absolute Gasteiger partial charge is 0.293 e. The van der Waals surface area contributed by atoms with Crippen LogP contribution in [0.1, 0.15) is 34.6 Å². The van der Waals surface area contributed by atoms with Crippen molar-refractivity contribution in [2.75, 3.05) is 11.9 Å². The Kier molecular flexibility index (Phi) is 4.69. The van der Waals surface area contributed by atoms with Gasteiger partial charge in [-0.2, -0.15) is 0 Å². The molecule has 1 aromatic rings. The Balaban J connectivity index is 2.81. The van der Waals surface area contributed by atoms with E-state index in [1.54, 1.807) is 17.0 Å². The number of anilines is 1. The van der Waals surface area contributed by atoms with Gasteiger partial charge in [0.25, 0.3) is 5.56 Å². The maximum atomic E-state index is 12.2. The predicted octanol–water partition coefficient (Wildman–Crippen LogP) is 0.935. The number of nitrogens with zero attached hydrogens (tertiary/aromatic N) is 2. The quantitative estimate of drug-likeness (QED) is 0.850. The Morgan fingerprint density at radius 3 is 2.58 bits per heavy atom. The molecule has 1 amide bonds. The molecule has 0 aliphatic carbocycles. The molecule has 1 heterocycles. The molecule has 0 radical (unpaired) electrons. The summed E-state index contributed by atoms with van der Waals surface area (Å²) in [6.07, 6.45) is 3.19. The fourth-order valence-electron chi connectivity index (χ4n) is 1.60. The number of nitrogens with one attached hydrogen (secondary N) is 2. The van der Waals surface area contributed by atoms with Crippen LogP contribution in [0.5, 0.6) is 0 Å². The number of aromatic nitrogens is 2. The van der Waals surface area contributed by atoms with Gasteiger partial charge in [-0.3, -0.25) is 9.59 Å². The van der Waals surface area contributed by atoms with Gasteiger partial charge in [0.2, 0.25) is 5.91 Å².